The first-order valence-electron chi connectivity index (χ1n) is 8.25. The van der Waals surface area contributed by atoms with Gasteiger partial charge in [0.25, 0.3) is 0 Å². The lowest BCUT2D eigenvalue weighted by atomic mass is 10.0. The zero-order valence-corrected chi connectivity index (χ0v) is 15.0. The number of piperidine rings is 1. The minimum atomic E-state index is -0.685. The van der Waals surface area contributed by atoms with Crippen LogP contribution in [0.3, 0.4) is 0 Å². The number of halogens is 3. The van der Waals surface area contributed by atoms with Gasteiger partial charge < -0.3 is 10.2 Å². The van der Waals surface area contributed by atoms with Crippen molar-refractivity contribution in [1.29, 1.82) is 0 Å². The van der Waals surface area contributed by atoms with E-state index in [1.165, 1.54) is 6.08 Å². The number of aromatic nitrogens is 1. The molecule has 0 aliphatic carbocycles. The molecule has 2 aromatic rings. The Kier molecular flexibility index (Phi) is 5.52. The lowest BCUT2D eigenvalue weighted by Crippen LogP contribution is -2.39. The summed E-state index contributed by atoms with van der Waals surface area (Å²) in [5, 5.41) is 2.86. The highest BCUT2D eigenvalue weighted by Gasteiger charge is 2.20. The summed E-state index contributed by atoms with van der Waals surface area (Å²) >= 11 is 5.64. The first-order chi connectivity index (χ1) is 12.4. The van der Waals surface area contributed by atoms with Crippen LogP contribution in [0, 0.1) is 18.6 Å². The number of nitrogens with one attached hydrogen (secondary N) is 1. The number of nitrogens with zero attached hydrogens (tertiary/aromatic N) is 2. The first kappa shape index (κ1) is 18.3. The Balaban J connectivity index is 1.63. The number of urea groups is 1. The number of likely N-dealkylation sites (tertiary alicyclic amines) is 1. The molecule has 1 aliphatic heterocycles. The van der Waals surface area contributed by atoms with E-state index in [1.54, 1.807) is 23.2 Å². The van der Waals surface area contributed by atoms with Crippen molar-refractivity contribution >= 4 is 29.4 Å². The Labute approximate surface area is 155 Å². The Morgan fingerprint density at radius 3 is 2.50 bits per heavy atom. The average molecular weight is 378 g/mol. The van der Waals surface area contributed by atoms with Crippen molar-refractivity contribution < 1.29 is 13.6 Å². The van der Waals surface area contributed by atoms with Gasteiger partial charge in [0.05, 0.1) is 0 Å². The van der Waals surface area contributed by atoms with Crippen LogP contribution >= 0.6 is 11.6 Å². The van der Waals surface area contributed by atoms with Crippen LogP contribution in [0.25, 0.3) is 6.08 Å². The molecule has 1 saturated heterocycles. The molecule has 26 heavy (non-hydrogen) atoms. The van der Waals surface area contributed by atoms with Crippen LogP contribution in [0.5, 0.6) is 0 Å². The Bertz CT molecular complexity index is 837. The number of benzene rings is 1. The van der Waals surface area contributed by atoms with Gasteiger partial charge in [-0.1, -0.05) is 17.2 Å². The fourth-order valence-corrected chi connectivity index (χ4v) is 3.05. The number of anilines is 1. The average Bonchev–Trinajstić information content (AvgIpc) is 2.58. The van der Waals surface area contributed by atoms with Crippen molar-refractivity contribution in [3.8, 4) is 0 Å². The summed E-state index contributed by atoms with van der Waals surface area (Å²) in [6.45, 7) is 2.82. The minimum absolute atomic E-state index is 0.0278. The molecular weight excluding hydrogens is 360 g/mol. The van der Waals surface area contributed by atoms with Crippen LogP contribution < -0.4 is 5.32 Å². The van der Waals surface area contributed by atoms with Crippen molar-refractivity contribution in [3.05, 3.63) is 63.9 Å². The largest absolute Gasteiger partial charge is 0.324 e. The van der Waals surface area contributed by atoms with Gasteiger partial charge in [0, 0.05) is 41.3 Å². The first-order valence-corrected chi connectivity index (χ1v) is 8.63. The highest BCUT2D eigenvalue weighted by Crippen LogP contribution is 2.25. The molecule has 0 spiro atoms. The summed E-state index contributed by atoms with van der Waals surface area (Å²) in [6.07, 6.45) is 4.27. The summed E-state index contributed by atoms with van der Waals surface area (Å²) in [5.41, 5.74) is 2.32. The number of hydrogen-bond acceptors (Lipinski definition) is 2. The van der Waals surface area contributed by atoms with Crippen molar-refractivity contribution in [1.82, 2.24) is 9.88 Å². The van der Waals surface area contributed by atoms with Crippen LogP contribution in [-0.2, 0) is 0 Å². The van der Waals surface area contributed by atoms with Crippen molar-refractivity contribution in [3.63, 3.8) is 0 Å². The lowest BCUT2D eigenvalue weighted by molar-refractivity contribution is 0.208. The molecule has 1 aromatic carbocycles. The number of rotatable bonds is 2. The lowest BCUT2D eigenvalue weighted by Gasteiger charge is -2.28. The maximum absolute atomic E-state index is 13.9. The fraction of sp³-hybridized carbons (Fsp3) is 0.263. The third-order valence-corrected chi connectivity index (χ3v) is 4.45. The van der Waals surface area contributed by atoms with Crippen LogP contribution in [-0.4, -0.2) is 29.0 Å². The van der Waals surface area contributed by atoms with Crippen LogP contribution in [0.4, 0.5) is 19.3 Å². The molecule has 7 heteroatoms. The molecule has 2 heterocycles. The van der Waals surface area contributed by atoms with Crippen molar-refractivity contribution in [2.75, 3.05) is 18.4 Å². The van der Waals surface area contributed by atoms with E-state index in [0.717, 1.165) is 23.4 Å². The predicted octanol–water partition coefficient (Wildman–Crippen LogP) is 5.03. The topological polar surface area (TPSA) is 45.2 Å². The van der Waals surface area contributed by atoms with Gasteiger partial charge in [-0.05, 0) is 50.1 Å². The Hall–Kier alpha value is -2.47. The predicted molar refractivity (Wildman–Crippen MR) is 98.1 cm³/mol. The van der Waals surface area contributed by atoms with Gasteiger partial charge in [0.15, 0.2) is 0 Å². The molecule has 0 saturated carbocycles. The maximum atomic E-state index is 13.9. The second-order valence-electron chi connectivity index (χ2n) is 6.19. The van der Waals surface area contributed by atoms with E-state index in [1.807, 2.05) is 6.92 Å². The monoisotopic (exact) mass is 377 g/mol. The highest BCUT2D eigenvalue weighted by molar-refractivity contribution is 6.30. The fourth-order valence-electron chi connectivity index (χ4n) is 2.86. The number of carbonyl (C=O) groups is 1. The summed E-state index contributed by atoms with van der Waals surface area (Å²) in [5.74, 6) is -1.37. The Morgan fingerprint density at radius 1 is 1.23 bits per heavy atom. The summed E-state index contributed by atoms with van der Waals surface area (Å²) in [4.78, 5) is 18.1. The molecule has 1 fully saturated rings. The van der Waals surface area contributed by atoms with E-state index in [-0.39, 0.29) is 16.6 Å². The molecule has 136 valence electrons. The van der Waals surface area contributed by atoms with E-state index in [2.05, 4.69) is 10.3 Å². The number of aryl methyl sites for hydroxylation is 1. The molecule has 1 aliphatic rings. The highest BCUT2D eigenvalue weighted by atomic mass is 35.5. The van der Waals surface area contributed by atoms with Gasteiger partial charge >= 0.3 is 6.03 Å². The molecular formula is C19H18ClF2N3O. The zero-order valence-electron chi connectivity index (χ0n) is 14.2. The third kappa shape index (κ3) is 4.38. The van der Waals surface area contributed by atoms with Gasteiger partial charge in [-0.3, -0.25) is 4.98 Å². The normalized spacial score (nSPS) is 14.3. The molecule has 0 unspecified atom stereocenters. The van der Waals surface area contributed by atoms with E-state index >= 15 is 0 Å². The standard InChI is InChI=1S/C19H18ClF2N3O/c1-12-8-15(2-5-23-12)24-19(26)25-6-3-13(4-7-25)9-16-17(21)10-14(20)11-18(16)22/h2,5,8-11H,3-4,6-7H2,1H3,(H,23,24,26). The summed E-state index contributed by atoms with van der Waals surface area (Å²) in [7, 11) is 0. The molecule has 0 atom stereocenters. The summed E-state index contributed by atoms with van der Waals surface area (Å²) in [6, 6.07) is 5.51. The van der Waals surface area contributed by atoms with E-state index in [9.17, 15) is 13.6 Å². The van der Waals surface area contributed by atoms with Crippen LogP contribution in [0.1, 0.15) is 24.1 Å². The molecule has 3 rings (SSSR count). The van der Waals surface area contributed by atoms with Gasteiger partial charge in [-0.25, -0.2) is 13.6 Å². The smallest absolute Gasteiger partial charge is 0.321 e. The minimum Gasteiger partial charge on any atom is -0.324 e. The quantitative estimate of drug-likeness (QED) is 0.797. The Morgan fingerprint density at radius 2 is 1.88 bits per heavy atom. The van der Waals surface area contributed by atoms with E-state index in [0.29, 0.717) is 31.6 Å². The molecule has 1 aromatic heterocycles. The second-order valence-corrected chi connectivity index (χ2v) is 6.63. The SMILES string of the molecule is Cc1cc(NC(=O)N2CCC(=Cc3c(F)cc(Cl)cc3F)CC2)ccn1. The third-order valence-electron chi connectivity index (χ3n) is 4.23. The van der Waals surface area contributed by atoms with E-state index < -0.39 is 11.6 Å². The number of pyridine rings is 1. The maximum Gasteiger partial charge on any atom is 0.321 e. The second kappa shape index (κ2) is 7.83. The van der Waals surface area contributed by atoms with Crippen LogP contribution in [0.15, 0.2) is 36.0 Å². The van der Waals surface area contributed by atoms with Gasteiger partial charge in [0.2, 0.25) is 0 Å². The van der Waals surface area contributed by atoms with Gasteiger partial charge in [-0.15, -0.1) is 0 Å². The molecule has 2 amide bonds. The molecule has 4 nitrogen and oxygen atoms in total. The molecule has 0 radical (unpaired) electrons. The number of hydrogen-bond donors (Lipinski definition) is 1. The van der Waals surface area contributed by atoms with Gasteiger partial charge in [-0.2, -0.15) is 0 Å². The number of amides is 2. The molecule has 1 N–H and O–H groups in total. The van der Waals surface area contributed by atoms with Crippen LogP contribution in [0.2, 0.25) is 5.02 Å². The van der Waals surface area contributed by atoms with Crippen molar-refractivity contribution in [2.24, 2.45) is 0 Å². The van der Waals surface area contributed by atoms with Gasteiger partial charge in [0.1, 0.15) is 11.6 Å². The molecule has 0 bridgehead atoms. The summed E-state index contributed by atoms with van der Waals surface area (Å²) < 4.78 is 27.8. The van der Waals surface area contributed by atoms with E-state index in [4.69, 9.17) is 11.6 Å². The van der Waals surface area contributed by atoms with Crippen molar-refractivity contribution in [2.45, 2.75) is 19.8 Å². The number of carbonyl (C=O) groups excluding carboxylic acids is 1. The zero-order chi connectivity index (χ0) is 18.7.